The number of aromatic amines is 1. The molecule has 0 fully saturated rings. The molecule has 3 heterocycles. The van der Waals surface area contributed by atoms with Crippen molar-refractivity contribution >= 4 is 5.91 Å². The van der Waals surface area contributed by atoms with E-state index in [1.165, 1.54) is 6.07 Å². The summed E-state index contributed by atoms with van der Waals surface area (Å²) in [5, 5.41) is 3.08. The number of hydrogen-bond donors (Lipinski definition) is 2. The summed E-state index contributed by atoms with van der Waals surface area (Å²) in [6.07, 6.45) is 2.19. The topological polar surface area (TPSA) is 106 Å². The van der Waals surface area contributed by atoms with Gasteiger partial charge >= 0.3 is 0 Å². The number of rotatable bonds is 6. The summed E-state index contributed by atoms with van der Waals surface area (Å²) in [4.78, 5) is 37.1. The maximum absolute atomic E-state index is 13.1. The predicted molar refractivity (Wildman–Crippen MR) is 119 cm³/mol. The van der Waals surface area contributed by atoms with Crippen LogP contribution in [-0.4, -0.2) is 34.6 Å². The Bertz CT molecular complexity index is 1160. The van der Waals surface area contributed by atoms with Gasteiger partial charge in [-0.1, -0.05) is 32.0 Å². The zero-order valence-corrected chi connectivity index (χ0v) is 18.3. The molecule has 8 heteroatoms. The van der Waals surface area contributed by atoms with E-state index in [2.05, 4.69) is 20.3 Å². The number of aromatic nitrogens is 3. The molecule has 166 valence electrons. The lowest BCUT2D eigenvalue weighted by Crippen LogP contribution is -2.41. The third kappa shape index (κ3) is 4.49. The van der Waals surface area contributed by atoms with Gasteiger partial charge in [0, 0.05) is 12.3 Å². The molecule has 1 aliphatic rings. The van der Waals surface area contributed by atoms with Gasteiger partial charge in [-0.15, -0.1) is 0 Å². The third-order valence-corrected chi connectivity index (χ3v) is 5.50. The molecule has 0 saturated heterocycles. The summed E-state index contributed by atoms with van der Waals surface area (Å²) in [6, 6.07) is 12.1. The lowest BCUT2D eigenvalue weighted by atomic mass is 9.94. The minimum Gasteiger partial charge on any atom is -0.493 e. The zero-order chi connectivity index (χ0) is 22.7. The van der Waals surface area contributed by atoms with Crippen LogP contribution in [0, 0.1) is 11.8 Å². The van der Waals surface area contributed by atoms with E-state index in [4.69, 9.17) is 9.47 Å². The van der Waals surface area contributed by atoms with Crippen molar-refractivity contribution in [1.29, 1.82) is 0 Å². The Morgan fingerprint density at radius 2 is 2.09 bits per heavy atom. The van der Waals surface area contributed by atoms with E-state index in [0.717, 1.165) is 5.56 Å². The summed E-state index contributed by atoms with van der Waals surface area (Å²) in [6.45, 7) is 4.21. The number of carbonyl (C=O) groups excluding carboxylic acids is 1. The molecule has 0 radical (unpaired) electrons. The quantitative estimate of drug-likeness (QED) is 0.618. The van der Waals surface area contributed by atoms with E-state index in [-0.39, 0.29) is 29.9 Å². The van der Waals surface area contributed by atoms with Crippen LogP contribution < -0.4 is 20.3 Å². The summed E-state index contributed by atoms with van der Waals surface area (Å²) in [5.41, 5.74) is 1.70. The fourth-order valence-corrected chi connectivity index (χ4v) is 3.84. The average molecular weight is 434 g/mol. The van der Waals surface area contributed by atoms with Crippen LogP contribution in [0.3, 0.4) is 0 Å². The Morgan fingerprint density at radius 3 is 2.81 bits per heavy atom. The fraction of sp³-hybridized carbons (Fsp3) is 0.333. The van der Waals surface area contributed by atoms with Crippen molar-refractivity contribution in [2.24, 2.45) is 11.8 Å². The molecule has 2 aromatic heterocycles. The van der Waals surface area contributed by atoms with E-state index in [1.807, 2.05) is 38.1 Å². The minimum absolute atomic E-state index is 0.0155. The number of pyridine rings is 1. The Balaban J connectivity index is 1.56. The molecule has 0 spiro atoms. The number of nitrogens with zero attached hydrogens (tertiary/aromatic N) is 2. The number of amides is 1. The zero-order valence-electron chi connectivity index (χ0n) is 18.3. The van der Waals surface area contributed by atoms with Crippen molar-refractivity contribution in [2.75, 3.05) is 13.7 Å². The minimum atomic E-state index is -0.432. The van der Waals surface area contributed by atoms with Gasteiger partial charge in [0.1, 0.15) is 12.3 Å². The van der Waals surface area contributed by atoms with E-state index in [9.17, 15) is 9.59 Å². The Hall–Kier alpha value is -3.68. The highest BCUT2D eigenvalue weighted by Gasteiger charge is 2.30. The first kappa shape index (κ1) is 21.5. The van der Waals surface area contributed by atoms with E-state index >= 15 is 0 Å². The SMILES string of the molecule is COc1cccc2c1OC[C@H](C(=O)N[C@@H](c1cc(=O)[nH]c(-c3ccccn3)n1)C(C)C)C2. The monoisotopic (exact) mass is 434 g/mol. The first-order valence-electron chi connectivity index (χ1n) is 10.6. The van der Waals surface area contributed by atoms with Gasteiger partial charge in [0.25, 0.3) is 5.56 Å². The van der Waals surface area contributed by atoms with Crippen LogP contribution in [0.4, 0.5) is 0 Å². The number of H-pyrrole nitrogens is 1. The Labute approximate surface area is 186 Å². The van der Waals surface area contributed by atoms with Crippen molar-refractivity contribution < 1.29 is 14.3 Å². The third-order valence-electron chi connectivity index (χ3n) is 5.50. The van der Waals surface area contributed by atoms with Crippen LogP contribution >= 0.6 is 0 Å². The highest BCUT2D eigenvalue weighted by molar-refractivity contribution is 5.80. The lowest BCUT2D eigenvalue weighted by molar-refractivity contribution is -0.127. The predicted octanol–water partition coefficient (Wildman–Crippen LogP) is 2.91. The summed E-state index contributed by atoms with van der Waals surface area (Å²) in [7, 11) is 1.60. The Kier molecular flexibility index (Phi) is 6.20. The number of carbonyl (C=O) groups is 1. The van der Waals surface area contributed by atoms with Gasteiger partial charge in [0.15, 0.2) is 17.3 Å². The van der Waals surface area contributed by atoms with Crippen LogP contribution in [0.2, 0.25) is 0 Å². The van der Waals surface area contributed by atoms with Gasteiger partial charge in [-0.05, 0) is 36.1 Å². The highest BCUT2D eigenvalue weighted by Crippen LogP contribution is 2.36. The molecule has 0 aliphatic carbocycles. The van der Waals surface area contributed by atoms with Crippen molar-refractivity contribution in [1.82, 2.24) is 20.3 Å². The second-order valence-electron chi connectivity index (χ2n) is 8.12. The molecule has 32 heavy (non-hydrogen) atoms. The van der Waals surface area contributed by atoms with Crippen LogP contribution in [-0.2, 0) is 11.2 Å². The molecule has 3 aromatic rings. The van der Waals surface area contributed by atoms with Gasteiger partial charge in [0.05, 0.1) is 24.8 Å². The van der Waals surface area contributed by atoms with Crippen molar-refractivity contribution in [2.45, 2.75) is 26.3 Å². The molecular formula is C24H26N4O4. The average Bonchev–Trinajstić information content (AvgIpc) is 2.81. The number of hydrogen-bond acceptors (Lipinski definition) is 6. The van der Waals surface area contributed by atoms with Crippen LogP contribution in [0.1, 0.15) is 31.1 Å². The molecule has 0 unspecified atom stereocenters. The van der Waals surface area contributed by atoms with Crippen LogP contribution in [0.15, 0.2) is 53.5 Å². The second-order valence-corrected chi connectivity index (χ2v) is 8.12. The number of methoxy groups -OCH3 is 1. The maximum atomic E-state index is 13.1. The van der Waals surface area contributed by atoms with Crippen molar-refractivity contribution in [3.8, 4) is 23.0 Å². The molecule has 4 rings (SSSR count). The molecule has 1 aliphatic heterocycles. The summed E-state index contributed by atoms with van der Waals surface area (Å²) >= 11 is 0. The standard InChI is InChI=1S/C24H26N4O4/c1-14(2)21(18-12-20(29)27-23(26-18)17-8-4-5-10-25-17)28-24(30)16-11-15-7-6-9-19(31-3)22(15)32-13-16/h4-10,12,14,16,21H,11,13H2,1-3H3,(H,28,30)(H,26,27,29)/t16-,21-/m1/s1. The smallest absolute Gasteiger partial charge is 0.251 e. The summed E-state index contributed by atoms with van der Waals surface area (Å²) < 4.78 is 11.2. The first-order chi connectivity index (χ1) is 15.5. The van der Waals surface area contributed by atoms with Gasteiger partial charge < -0.3 is 19.8 Å². The number of fused-ring (bicyclic) bond motifs is 1. The number of benzene rings is 1. The summed E-state index contributed by atoms with van der Waals surface area (Å²) in [5.74, 6) is 1.25. The molecule has 2 atom stereocenters. The largest absolute Gasteiger partial charge is 0.493 e. The van der Waals surface area contributed by atoms with Gasteiger partial charge in [0.2, 0.25) is 5.91 Å². The van der Waals surface area contributed by atoms with Gasteiger partial charge in [-0.2, -0.15) is 0 Å². The molecular weight excluding hydrogens is 408 g/mol. The molecule has 1 amide bonds. The Morgan fingerprint density at radius 1 is 1.25 bits per heavy atom. The lowest BCUT2D eigenvalue weighted by Gasteiger charge is -2.29. The first-order valence-corrected chi connectivity index (χ1v) is 10.6. The second kappa shape index (κ2) is 9.21. The molecule has 1 aromatic carbocycles. The number of ether oxygens (including phenoxy) is 2. The van der Waals surface area contributed by atoms with E-state index in [1.54, 1.807) is 25.4 Å². The van der Waals surface area contributed by atoms with E-state index < -0.39 is 6.04 Å². The molecule has 0 saturated carbocycles. The number of para-hydroxylation sites is 1. The van der Waals surface area contributed by atoms with Crippen molar-refractivity contribution in [3.63, 3.8) is 0 Å². The molecule has 0 bridgehead atoms. The number of nitrogens with one attached hydrogen (secondary N) is 2. The normalized spacial score (nSPS) is 16.1. The van der Waals surface area contributed by atoms with Gasteiger partial charge in [-0.3, -0.25) is 14.6 Å². The highest BCUT2D eigenvalue weighted by atomic mass is 16.5. The van der Waals surface area contributed by atoms with Gasteiger partial charge in [-0.25, -0.2) is 4.98 Å². The maximum Gasteiger partial charge on any atom is 0.251 e. The molecule has 8 nitrogen and oxygen atoms in total. The van der Waals surface area contributed by atoms with E-state index in [0.29, 0.717) is 35.1 Å². The van der Waals surface area contributed by atoms with Crippen molar-refractivity contribution in [3.05, 3.63) is 70.3 Å². The van der Waals surface area contributed by atoms with Crippen LogP contribution in [0.5, 0.6) is 11.5 Å². The van der Waals surface area contributed by atoms with Crippen LogP contribution in [0.25, 0.3) is 11.5 Å². The fourth-order valence-electron chi connectivity index (χ4n) is 3.84. The molecule has 2 N–H and O–H groups in total.